The maximum absolute atomic E-state index is 13.0. The molecule has 1 aromatic carbocycles. The Kier molecular flexibility index (Phi) is 5.84. The zero-order valence-corrected chi connectivity index (χ0v) is 18.0. The molecule has 1 aliphatic rings. The number of sulfonamides is 1. The predicted molar refractivity (Wildman–Crippen MR) is 114 cm³/mol. The minimum Gasteiger partial charge on any atom is -0.403 e. The average Bonchev–Trinajstić information content (AvgIpc) is 3.22. The molecule has 0 spiro atoms. The van der Waals surface area contributed by atoms with Crippen LogP contribution in [0.5, 0.6) is 0 Å². The first kappa shape index (κ1) is 21.1. The van der Waals surface area contributed by atoms with Gasteiger partial charge in [0.1, 0.15) is 0 Å². The lowest BCUT2D eigenvalue weighted by Crippen LogP contribution is -2.42. The van der Waals surface area contributed by atoms with Crippen LogP contribution in [0.1, 0.15) is 30.6 Å². The van der Waals surface area contributed by atoms with Crippen molar-refractivity contribution in [3.05, 3.63) is 54.4 Å². The van der Waals surface area contributed by atoms with E-state index in [9.17, 15) is 13.2 Å². The van der Waals surface area contributed by atoms with Crippen LogP contribution < -0.4 is 5.32 Å². The van der Waals surface area contributed by atoms with Crippen molar-refractivity contribution < 1.29 is 17.6 Å². The van der Waals surface area contributed by atoms with Crippen molar-refractivity contribution >= 4 is 21.9 Å². The van der Waals surface area contributed by atoms with Gasteiger partial charge in [-0.25, -0.2) is 8.42 Å². The highest BCUT2D eigenvalue weighted by atomic mass is 32.2. The van der Waals surface area contributed by atoms with Gasteiger partial charge in [0.05, 0.1) is 10.5 Å². The van der Waals surface area contributed by atoms with E-state index in [0.29, 0.717) is 30.5 Å². The molecule has 4 rings (SSSR count). The van der Waals surface area contributed by atoms with E-state index in [1.54, 1.807) is 24.5 Å². The predicted octanol–water partition coefficient (Wildman–Crippen LogP) is 3.05. The number of pyridine rings is 1. The van der Waals surface area contributed by atoms with E-state index in [-0.39, 0.29) is 22.4 Å². The van der Waals surface area contributed by atoms with Crippen LogP contribution in [-0.2, 0) is 10.0 Å². The second kappa shape index (κ2) is 8.56. The lowest BCUT2D eigenvalue weighted by molar-refractivity contribution is 0.102. The number of piperidine rings is 1. The quantitative estimate of drug-likeness (QED) is 0.646. The van der Waals surface area contributed by atoms with Crippen LogP contribution in [0.15, 0.2) is 58.1 Å². The van der Waals surface area contributed by atoms with Gasteiger partial charge in [-0.2, -0.15) is 4.31 Å². The maximum atomic E-state index is 13.0. The number of aromatic nitrogens is 3. The lowest BCUT2D eigenvalue weighted by atomic mass is 9.94. The van der Waals surface area contributed by atoms with Gasteiger partial charge in [-0.1, -0.05) is 18.9 Å². The molecular weight excluding hydrogens is 418 g/mol. The molecule has 3 aromatic rings. The summed E-state index contributed by atoms with van der Waals surface area (Å²) in [5.41, 5.74) is 0.909. The van der Waals surface area contributed by atoms with Crippen LogP contribution in [0.4, 0.5) is 6.01 Å². The minimum absolute atomic E-state index is 0.0585. The topological polar surface area (TPSA) is 118 Å². The van der Waals surface area contributed by atoms with Gasteiger partial charge in [-0.15, -0.1) is 5.10 Å². The summed E-state index contributed by atoms with van der Waals surface area (Å²) < 4.78 is 32.9. The fourth-order valence-electron chi connectivity index (χ4n) is 3.78. The number of hydrogen-bond donors (Lipinski definition) is 1. The molecule has 31 heavy (non-hydrogen) atoms. The monoisotopic (exact) mass is 441 g/mol. The summed E-state index contributed by atoms with van der Waals surface area (Å²) in [4.78, 5) is 16.6. The minimum atomic E-state index is -3.60. The first-order valence-corrected chi connectivity index (χ1v) is 11.4. The van der Waals surface area contributed by atoms with Crippen LogP contribution in [-0.4, -0.2) is 46.9 Å². The Morgan fingerprint density at radius 1 is 1.10 bits per heavy atom. The number of anilines is 1. The zero-order valence-electron chi connectivity index (χ0n) is 17.2. The Morgan fingerprint density at radius 3 is 2.45 bits per heavy atom. The molecule has 10 heteroatoms. The zero-order chi connectivity index (χ0) is 22.0. The van der Waals surface area contributed by atoms with Gasteiger partial charge in [0, 0.05) is 31.0 Å². The van der Waals surface area contributed by atoms with Crippen molar-refractivity contribution in [2.24, 2.45) is 11.8 Å². The number of rotatable bonds is 5. The summed E-state index contributed by atoms with van der Waals surface area (Å²) in [5, 5.41) is 10.2. The standard InChI is InChI=1S/C21H23N5O4S/c1-14-10-15(2)13-26(12-14)31(28,29)18-7-5-16(6-8-18)19(27)23-21-25-24-20(30-21)17-4-3-9-22-11-17/h3-9,11,14-15H,10,12-13H2,1-2H3,(H,23,25,27)/t14-,15-/m0/s1. The number of carbonyl (C=O) groups is 1. The highest BCUT2D eigenvalue weighted by molar-refractivity contribution is 7.89. The van der Waals surface area contributed by atoms with Gasteiger partial charge in [0.2, 0.25) is 10.0 Å². The molecule has 1 N–H and O–H groups in total. The molecule has 0 unspecified atom stereocenters. The highest BCUT2D eigenvalue weighted by Gasteiger charge is 2.31. The molecule has 0 aliphatic carbocycles. The highest BCUT2D eigenvalue weighted by Crippen LogP contribution is 2.27. The first-order chi connectivity index (χ1) is 14.8. The number of carbonyl (C=O) groups excluding carboxylic acids is 1. The Balaban J connectivity index is 1.45. The largest absolute Gasteiger partial charge is 0.403 e. The fraction of sp³-hybridized carbons (Fsp3) is 0.333. The van der Waals surface area contributed by atoms with Crippen molar-refractivity contribution in [1.82, 2.24) is 19.5 Å². The van der Waals surface area contributed by atoms with Crippen molar-refractivity contribution in [1.29, 1.82) is 0 Å². The third kappa shape index (κ3) is 4.64. The van der Waals surface area contributed by atoms with Crippen molar-refractivity contribution in [2.45, 2.75) is 25.2 Å². The maximum Gasteiger partial charge on any atom is 0.322 e. The van der Waals surface area contributed by atoms with Crippen LogP contribution in [0, 0.1) is 11.8 Å². The van der Waals surface area contributed by atoms with Gasteiger partial charge in [0.15, 0.2) is 0 Å². The Morgan fingerprint density at radius 2 is 1.81 bits per heavy atom. The number of nitrogens with one attached hydrogen (secondary N) is 1. The fourth-order valence-corrected chi connectivity index (χ4v) is 5.46. The van der Waals surface area contributed by atoms with Gasteiger partial charge in [-0.3, -0.25) is 15.1 Å². The first-order valence-electron chi connectivity index (χ1n) is 9.98. The molecule has 9 nitrogen and oxygen atoms in total. The molecule has 3 heterocycles. The second-order valence-corrected chi connectivity index (χ2v) is 9.84. The molecule has 0 bridgehead atoms. The van der Waals surface area contributed by atoms with Crippen molar-refractivity contribution in [3.8, 4) is 11.5 Å². The van der Waals surface area contributed by atoms with E-state index in [0.717, 1.165) is 6.42 Å². The number of benzene rings is 1. The normalized spacial score (nSPS) is 19.8. The van der Waals surface area contributed by atoms with Crippen LogP contribution in [0.3, 0.4) is 0 Å². The SMILES string of the molecule is C[C@H]1C[C@H](C)CN(S(=O)(=O)c2ccc(C(=O)Nc3nnc(-c4cccnc4)o3)cc2)C1. The summed E-state index contributed by atoms with van der Waals surface area (Å²) >= 11 is 0. The number of hydrogen-bond acceptors (Lipinski definition) is 7. The molecule has 0 radical (unpaired) electrons. The van der Waals surface area contributed by atoms with Gasteiger partial charge >= 0.3 is 6.01 Å². The molecule has 0 saturated carbocycles. The third-order valence-corrected chi connectivity index (χ3v) is 6.99. The van der Waals surface area contributed by atoms with E-state index in [2.05, 4.69) is 34.3 Å². The summed E-state index contributed by atoms with van der Waals surface area (Å²) in [6.07, 6.45) is 4.21. The Labute approximate surface area is 180 Å². The molecule has 1 aliphatic heterocycles. The molecule has 1 fully saturated rings. The van der Waals surface area contributed by atoms with Gasteiger partial charge < -0.3 is 4.42 Å². The van der Waals surface area contributed by atoms with Crippen LogP contribution >= 0.6 is 0 Å². The second-order valence-electron chi connectivity index (χ2n) is 7.90. The third-order valence-electron chi connectivity index (χ3n) is 5.14. The lowest BCUT2D eigenvalue weighted by Gasteiger charge is -2.34. The van der Waals surface area contributed by atoms with E-state index in [1.807, 2.05) is 0 Å². The number of nitrogens with zero attached hydrogens (tertiary/aromatic N) is 4. The van der Waals surface area contributed by atoms with Crippen molar-refractivity contribution in [2.75, 3.05) is 18.4 Å². The van der Waals surface area contributed by atoms with Crippen molar-refractivity contribution in [3.63, 3.8) is 0 Å². The molecule has 1 saturated heterocycles. The van der Waals surface area contributed by atoms with Gasteiger partial charge in [-0.05, 0) is 54.7 Å². The summed E-state index contributed by atoms with van der Waals surface area (Å²) in [6.45, 7) is 5.13. The smallest absolute Gasteiger partial charge is 0.322 e. The molecule has 2 atom stereocenters. The molecule has 1 amide bonds. The van der Waals surface area contributed by atoms with E-state index in [4.69, 9.17) is 4.42 Å². The van der Waals surface area contributed by atoms with Crippen LogP contribution in [0.2, 0.25) is 0 Å². The van der Waals surface area contributed by atoms with E-state index >= 15 is 0 Å². The summed E-state index contributed by atoms with van der Waals surface area (Å²) in [6, 6.07) is 9.27. The Bertz CT molecular complexity index is 1150. The Hall–Kier alpha value is -3.11. The molecule has 2 aromatic heterocycles. The van der Waals surface area contributed by atoms with E-state index < -0.39 is 15.9 Å². The molecular formula is C21H23N5O4S. The summed E-state index contributed by atoms with van der Waals surface area (Å²) in [5.74, 6) is 0.379. The molecule has 162 valence electrons. The summed E-state index contributed by atoms with van der Waals surface area (Å²) in [7, 11) is -3.60. The van der Waals surface area contributed by atoms with Gasteiger partial charge in [0.25, 0.3) is 11.8 Å². The average molecular weight is 442 g/mol. The number of amides is 1. The van der Waals surface area contributed by atoms with E-state index in [1.165, 1.54) is 28.6 Å². The van der Waals surface area contributed by atoms with Crippen LogP contribution in [0.25, 0.3) is 11.5 Å².